The molecule has 128 valence electrons. The summed E-state index contributed by atoms with van der Waals surface area (Å²) in [5.41, 5.74) is 3.02. The lowest BCUT2D eigenvalue weighted by molar-refractivity contribution is -0.115. The number of rotatable bonds is 5. The molecule has 1 heterocycles. The maximum atomic E-state index is 11.6. The summed E-state index contributed by atoms with van der Waals surface area (Å²) < 4.78 is 11.2. The Morgan fingerprint density at radius 2 is 1.84 bits per heavy atom. The fourth-order valence-corrected chi connectivity index (χ4v) is 2.99. The number of thioether (sulfide) groups is 1. The molecule has 0 bridgehead atoms. The van der Waals surface area contributed by atoms with E-state index in [0.29, 0.717) is 23.0 Å². The minimum atomic E-state index is -0.381. The second-order valence-corrected chi connectivity index (χ2v) is 6.55. The number of amides is 2. The third-order valence-corrected chi connectivity index (χ3v) is 4.45. The zero-order valence-electron chi connectivity index (χ0n) is 13.9. The van der Waals surface area contributed by atoms with Crippen molar-refractivity contribution in [2.75, 3.05) is 7.11 Å². The summed E-state index contributed by atoms with van der Waals surface area (Å²) in [6, 6.07) is 13.5. The zero-order chi connectivity index (χ0) is 17.8. The second-order valence-electron chi connectivity index (χ2n) is 5.54. The van der Waals surface area contributed by atoms with Crippen molar-refractivity contribution in [2.24, 2.45) is 0 Å². The van der Waals surface area contributed by atoms with Crippen molar-refractivity contribution in [3.63, 3.8) is 0 Å². The molecule has 1 fully saturated rings. The van der Waals surface area contributed by atoms with E-state index in [4.69, 9.17) is 9.47 Å². The van der Waals surface area contributed by atoms with Crippen LogP contribution in [0.25, 0.3) is 6.08 Å². The number of carbonyl (C=O) groups is 2. The number of hydrogen-bond acceptors (Lipinski definition) is 5. The Morgan fingerprint density at radius 1 is 1.08 bits per heavy atom. The lowest BCUT2D eigenvalue weighted by atomic mass is 10.1. The Balaban J connectivity index is 1.75. The summed E-state index contributed by atoms with van der Waals surface area (Å²) in [6.07, 6.45) is 1.65. The van der Waals surface area contributed by atoms with E-state index < -0.39 is 0 Å². The topological polar surface area (TPSA) is 64.6 Å². The molecular formula is C19H17NO4S. The van der Waals surface area contributed by atoms with Crippen LogP contribution in [0.15, 0.2) is 47.4 Å². The van der Waals surface area contributed by atoms with Crippen LogP contribution in [0.3, 0.4) is 0 Å². The van der Waals surface area contributed by atoms with E-state index in [1.807, 2.05) is 37.3 Å². The lowest BCUT2D eigenvalue weighted by Crippen LogP contribution is -2.17. The molecule has 1 saturated heterocycles. The quantitative estimate of drug-likeness (QED) is 0.824. The minimum absolute atomic E-state index is 0.360. The van der Waals surface area contributed by atoms with Crippen molar-refractivity contribution in [1.29, 1.82) is 0 Å². The molecule has 2 aromatic carbocycles. The van der Waals surface area contributed by atoms with Gasteiger partial charge in [-0.3, -0.25) is 14.9 Å². The first-order chi connectivity index (χ1) is 12.0. The molecule has 1 N–H and O–H groups in total. The van der Waals surface area contributed by atoms with E-state index in [0.717, 1.165) is 22.9 Å². The first-order valence-corrected chi connectivity index (χ1v) is 8.48. The van der Waals surface area contributed by atoms with Crippen LogP contribution in [0.2, 0.25) is 0 Å². The monoisotopic (exact) mass is 355 g/mol. The molecule has 0 spiro atoms. The molecule has 5 nitrogen and oxygen atoms in total. The molecule has 1 aliphatic rings. The fourth-order valence-electron chi connectivity index (χ4n) is 2.31. The van der Waals surface area contributed by atoms with Gasteiger partial charge >= 0.3 is 0 Å². The largest absolute Gasteiger partial charge is 0.493 e. The first kappa shape index (κ1) is 17.1. The Morgan fingerprint density at radius 3 is 2.48 bits per heavy atom. The van der Waals surface area contributed by atoms with Crippen molar-refractivity contribution >= 4 is 29.0 Å². The van der Waals surface area contributed by atoms with Crippen LogP contribution in [-0.2, 0) is 11.4 Å². The van der Waals surface area contributed by atoms with Gasteiger partial charge in [0, 0.05) is 0 Å². The van der Waals surface area contributed by atoms with E-state index in [1.165, 1.54) is 5.56 Å². The number of ether oxygens (including phenoxy) is 2. The highest BCUT2D eigenvalue weighted by molar-refractivity contribution is 8.18. The highest BCUT2D eigenvalue weighted by Gasteiger charge is 2.25. The molecule has 1 aliphatic heterocycles. The van der Waals surface area contributed by atoms with Gasteiger partial charge in [-0.15, -0.1) is 0 Å². The van der Waals surface area contributed by atoms with Gasteiger partial charge in [-0.1, -0.05) is 35.9 Å². The summed E-state index contributed by atoms with van der Waals surface area (Å²) in [5, 5.41) is 1.87. The lowest BCUT2D eigenvalue weighted by Gasteiger charge is -2.11. The minimum Gasteiger partial charge on any atom is -0.493 e. The number of aryl methyl sites for hydroxylation is 1. The number of imide groups is 1. The standard InChI is InChI=1S/C19H17NO4S/c1-12-3-5-13(6-4-12)11-24-15-8-7-14(9-16(15)23-2)10-17-18(21)20-19(22)25-17/h3-10H,11H2,1-2H3,(H,20,21,22)/b17-10-. The summed E-state index contributed by atoms with van der Waals surface area (Å²) >= 11 is 0.884. The average Bonchev–Trinajstić information content (AvgIpc) is 2.92. The van der Waals surface area contributed by atoms with Gasteiger partial charge in [-0.2, -0.15) is 0 Å². The van der Waals surface area contributed by atoms with Crippen LogP contribution < -0.4 is 14.8 Å². The summed E-state index contributed by atoms with van der Waals surface area (Å²) in [6.45, 7) is 2.47. The van der Waals surface area contributed by atoms with Gasteiger partial charge in [0.1, 0.15) is 6.61 Å². The Bertz CT molecular complexity index is 843. The third kappa shape index (κ3) is 4.22. The van der Waals surface area contributed by atoms with Crippen molar-refractivity contribution in [3.8, 4) is 11.5 Å². The van der Waals surface area contributed by atoms with Crippen molar-refractivity contribution in [1.82, 2.24) is 5.32 Å². The molecule has 25 heavy (non-hydrogen) atoms. The van der Waals surface area contributed by atoms with Crippen molar-refractivity contribution < 1.29 is 19.1 Å². The van der Waals surface area contributed by atoms with Gasteiger partial charge in [-0.05, 0) is 48.0 Å². The number of benzene rings is 2. The van der Waals surface area contributed by atoms with Crippen LogP contribution >= 0.6 is 11.8 Å². The Kier molecular flexibility index (Phi) is 5.09. The van der Waals surface area contributed by atoms with E-state index in [1.54, 1.807) is 25.3 Å². The van der Waals surface area contributed by atoms with Crippen LogP contribution in [0.4, 0.5) is 4.79 Å². The van der Waals surface area contributed by atoms with Gasteiger partial charge in [-0.25, -0.2) is 0 Å². The molecule has 0 atom stereocenters. The third-order valence-electron chi connectivity index (χ3n) is 3.64. The maximum absolute atomic E-state index is 11.6. The Hall–Kier alpha value is -2.73. The average molecular weight is 355 g/mol. The maximum Gasteiger partial charge on any atom is 0.290 e. The van der Waals surface area contributed by atoms with Crippen LogP contribution in [0.5, 0.6) is 11.5 Å². The van der Waals surface area contributed by atoms with E-state index in [2.05, 4.69) is 5.32 Å². The molecule has 0 unspecified atom stereocenters. The number of methoxy groups -OCH3 is 1. The van der Waals surface area contributed by atoms with Gasteiger partial charge < -0.3 is 9.47 Å². The molecular weight excluding hydrogens is 338 g/mol. The molecule has 0 radical (unpaired) electrons. The Labute approximate surface area is 150 Å². The first-order valence-electron chi connectivity index (χ1n) is 7.66. The predicted molar refractivity (Wildman–Crippen MR) is 97.6 cm³/mol. The SMILES string of the molecule is COc1cc(/C=C2\SC(=O)NC2=O)ccc1OCc1ccc(C)cc1. The molecule has 2 amide bonds. The highest BCUT2D eigenvalue weighted by atomic mass is 32.2. The molecule has 3 rings (SSSR count). The molecule has 0 aromatic heterocycles. The van der Waals surface area contributed by atoms with E-state index in [9.17, 15) is 9.59 Å². The smallest absolute Gasteiger partial charge is 0.290 e. The fraction of sp³-hybridized carbons (Fsp3) is 0.158. The van der Waals surface area contributed by atoms with Crippen LogP contribution in [-0.4, -0.2) is 18.3 Å². The van der Waals surface area contributed by atoms with Crippen molar-refractivity contribution in [2.45, 2.75) is 13.5 Å². The molecule has 0 saturated carbocycles. The van der Waals surface area contributed by atoms with Crippen LogP contribution in [0.1, 0.15) is 16.7 Å². The summed E-state index contributed by atoms with van der Waals surface area (Å²) in [5.74, 6) is 0.801. The van der Waals surface area contributed by atoms with Gasteiger partial charge in [0.05, 0.1) is 12.0 Å². The van der Waals surface area contributed by atoms with Gasteiger partial charge in [0.2, 0.25) is 0 Å². The molecule has 0 aliphatic carbocycles. The molecule has 6 heteroatoms. The summed E-state index contributed by atoms with van der Waals surface area (Å²) in [7, 11) is 1.56. The van der Waals surface area contributed by atoms with Gasteiger partial charge in [0.15, 0.2) is 11.5 Å². The molecule has 2 aromatic rings. The highest BCUT2D eigenvalue weighted by Crippen LogP contribution is 2.32. The van der Waals surface area contributed by atoms with E-state index in [-0.39, 0.29) is 11.1 Å². The number of carbonyl (C=O) groups excluding carboxylic acids is 2. The van der Waals surface area contributed by atoms with Crippen molar-refractivity contribution in [3.05, 3.63) is 64.1 Å². The second kappa shape index (κ2) is 7.44. The number of hydrogen-bond donors (Lipinski definition) is 1. The van der Waals surface area contributed by atoms with E-state index >= 15 is 0 Å². The number of nitrogens with one attached hydrogen (secondary N) is 1. The predicted octanol–water partition coefficient (Wildman–Crippen LogP) is 3.91. The van der Waals surface area contributed by atoms with Gasteiger partial charge in [0.25, 0.3) is 11.1 Å². The summed E-state index contributed by atoms with van der Waals surface area (Å²) in [4.78, 5) is 23.2. The zero-order valence-corrected chi connectivity index (χ0v) is 14.7. The normalized spacial score (nSPS) is 15.4. The van der Waals surface area contributed by atoms with Crippen LogP contribution in [0, 0.1) is 6.92 Å².